The van der Waals surface area contributed by atoms with Crippen LogP contribution in [-0.4, -0.2) is 62.8 Å². The van der Waals surface area contributed by atoms with Crippen LogP contribution in [0.1, 0.15) is 0 Å². The molecule has 1 aliphatic rings. The lowest BCUT2D eigenvalue weighted by Gasteiger charge is -2.33. The Morgan fingerprint density at radius 2 is 1.85 bits per heavy atom. The van der Waals surface area contributed by atoms with E-state index in [9.17, 15) is 0 Å². The summed E-state index contributed by atoms with van der Waals surface area (Å²) in [7, 11) is 1.74. The molecule has 0 saturated carbocycles. The van der Waals surface area contributed by atoms with Gasteiger partial charge in [0.25, 0.3) is 0 Å². The van der Waals surface area contributed by atoms with Crippen molar-refractivity contribution in [3.05, 3.63) is 0 Å². The van der Waals surface area contributed by atoms with Gasteiger partial charge in [0.2, 0.25) is 0 Å². The Bertz CT molecular complexity index is 168. The molecule has 0 spiro atoms. The van der Waals surface area contributed by atoms with Crippen LogP contribution in [0.25, 0.3) is 0 Å². The molecule has 0 unspecified atom stereocenters. The zero-order valence-electron chi connectivity index (χ0n) is 8.33. The summed E-state index contributed by atoms with van der Waals surface area (Å²) in [6.45, 7) is 7.07. The van der Waals surface area contributed by atoms with E-state index in [-0.39, 0.29) is 0 Å². The Morgan fingerprint density at radius 1 is 1.23 bits per heavy atom. The predicted molar refractivity (Wildman–Crippen MR) is 53.6 cm³/mol. The zero-order valence-corrected chi connectivity index (χ0v) is 8.33. The summed E-state index contributed by atoms with van der Waals surface area (Å²) in [6.07, 6.45) is 5.25. The predicted octanol–water partition coefficient (Wildman–Crippen LogP) is -0.116. The average molecular weight is 182 g/mol. The smallest absolute Gasteiger partial charge is 0.0599 e. The Balaban J connectivity index is 2.12. The van der Waals surface area contributed by atoms with Gasteiger partial charge in [0, 0.05) is 39.8 Å². The molecule has 0 amide bonds. The first-order valence-corrected chi connectivity index (χ1v) is 4.74. The van der Waals surface area contributed by atoms with Gasteiger partial charge in [-0.2, -0.15) is 0 Å². The van der Waals surface area contributed by atoms with Crippen LogP contribution < -0.4 is 0 Å². The van der Waals surface area contributed by atoms with Gasteiger partial charge in [0.05, 0.1) is 13.2 Å². The summed E-state index contributed by atoms with van der Waals surface area (Å²) in [5, 5.41) is 0. The highest BCUT2D eigenvalue weighted by Gasteiger charge is 2.14. The first-order chi connectivity index (χ1) is 6.36. The molecule has 3 nitrogen and oxygen atoms in total. The summed E-state index contributed by atoms with van der Waals surface area (Å²) in [5.74, 6) is 2.68. The van der Waals surface area contributed by atoms with E-state index in [0.717, 1.165) is 45.9 Å². The van der Waals surface area contributed by atoms with Crippen molar-refractivity contribution in [1.82, 2.24) is 9.80 Å². The van der Waals surface area contributed by atoms with Crippen LogP contribution in [0.15, 0.2) is 0 Å². The fraction of sp³-hybridized carbons (Fsp3) is 0.800. The van der Waals surface area contributed by atoms with E-state index in [4.69, 9.17) is 11.2 Å². The van der Waals surface area contributed by atoms with Gasteiger partial charge in [0.1, 0.15) is 0 Å². The molecule has 0 aromatic rings. The van der Waals surface area contributed by atoms with E-state index >= 15 is 0 Å². The minimum atomic E-state index is 0.790. The second-order valence-corrected chi connectivity index (χ2v) is 3.31. The van der Waals surface area contributed by atoms with Crippen molar-refractivity contribution in [3.8, 4) is 12.3 Å². The lowest BCUT2D eigenvalue weighted by Crippen LogP contribution is -2.47. The summed E-state index contributed by atoms with van der Waals surface area (Å²) >= 11 is 0. The van der Waals surface area contributed by atoms with Crippen LogP contribution >= 0.6 is 0 Å². The third-order valence-electron chi connectivity index (χ3n) is 2.39. The lowest BCUT2D eigenvalue weighted by atomic mass is 10.3. The topological polar surface area (TPSA) is 15.7 Å². The standard InChI is InChI=1S/C10H18N2O/c1-3-4-11-5-7-12(8-6-11)9-10-13-2/h1H,4-10H2,2H3. The number of hydrogen-bond acceptors (Lipinski definition) is 3. The Hall–Kier alpha value is -0.560. The molecule has 13 heavy (non-hydrogen) atoms. The number of rotatable bonds is 4. The molecule has 0 N–H and O–H groups in total. The second-order valence-electron chi connectivity index (χ2n) is 3.31. The number of ether oxygens (including phenoxy) is 1. The quantitative estimate of drug-likeness (QED) is 0.564. The number of methoxy groups -OCH3 is 1. The number of piperazine rings is 1. The highest BCUT2D eigenvalue weighted by atomic mass is 16.5. The maximum absolute atomic E-state index is 5.25. The Labute approximate surface area is 80.7 Å². The average Bonchev–Trinajstić information content (AvgIpc) is 2.17. The first-order valence-electron chi connectivity index (χ1n) is 4.74. The summed E-state index contributed by atoms with van der Waals surface area (Å²) in [5.41, 5.74) is 0. The van der Waals surface area contributed by atoms with Gasteiger partial charge in [-0.05, 0) is 0 Å². The van der Waals surface area contributed by atoms with Crippen LogP contribution in [0.4, 0.5) is 0 Å². The van der Waals surface area contributed by atoms with Crippen LogP contribution in [0, 0.1) is 12.3 Å². The summed E-state index contributed by atoms with van der Waals surface area (Å²) < 4.78 is 5.03. The van der Waals surface area contributed by atoms with E-state index in [1.807, 2.05) is 0 Å². The van der Waals surface area contributed by atoms with E-state index in [1.165, 1.54) is 0 Å². The second kappa shape index (κ2) is 5.98. The molecule has 0 atom stereocenters. The van der Waals surface area contributed by atoms with Gasteiger partial charge < -0.3 is 4.74 Å². The number of hydrogen-bond donors (Lipinski definition) is 0. The third kappa shape index (κ3) is 3.77. The van der Waals surface area contributed by atoms with Gasteiger partial charge in [-0.15, -0.1) is 6.42 Å². The fourth-order valence-corrected chi connectivity index (χ4v) is 1.52. The van der Waals surface area contributed by atoms with Gasteiger partial charge in [0.15, 0.2) is 0 Å². The fourth-order valence-electron chi connectivity index (χ4n) is 1.52. The molecule has 1 saturated heterocycles. The van der Waals surface area contributed by atoms with Crippen LogP contribution in [0.5, 0.6) is 0 Å². The van der Waals surface area contributed by atoms with Gasteiger partial charge in [-0.3, -0.25) is 9.80 Å². The van der Waals surface area contributed by atoms with Crippen LogP contribution in [0.2, 0.25) is 0 Å². The first kappa shape index (κ1) is 10.5. The molecule has 0 radical (unpaired) electrons. The van der Waals surface area contributed by atoms with Crippen molar-refractivity contribution < 1.29 is 4.74 Å². The van der Waals surface area contributed by atoms with Crippen molar-refractivity contribution >= 4 is 0 Å². The molecule has 0 aliphatic carbocycles. The van der Waals surface area contributed by atoms with Crippen molar-refractivity contribution in [3.63, 3.8) is 0 Å². The Kier molecular flexibility index (Phi) is 4.84. The van der Waals surface area contributed by atoms with Crippen molar-refractivity contribution in [1.29, 1.82) is 0 Å². The molecule has 3 heteroatoms. The lowest BCUT2D eigenvalue weighted by molar-refractivity contribution is 0.103. The molecular weight excluding hydrogens is 164 g/mol. The van der Waals surface area contributed by atoms with E-state index in [1.54, 1.807) is 7.11 Å². The number of nitrogens with zero attached hydrogens (tertiary/aromatic N) is 2. The molecule has 0 aromatic heterocycles. The van der Waals surface area contributed by atoms with Crippen LogP contribution in [-0.2, 0) is 4.74 Å². The molecule has 1 aliphatic heterocycles. The minimum Gasteiger partial charge on any atom is -0.383 e. The van der Waals surface area contributed by atoms with Gasteiger partial charge in [-0.25, -0.2) is 0 Å². The van der Waals surface area contributed by atoms with Crippen LogP contribution in [0.3, 0.4) is 0 Å². The molecule has 0 aromatic carbocycles. The monoisotopic (exact) mass is 182 g/mol. The van der Waals surface area contributed by atoms with Crippen molar-refractivity contribution in [2.75, 3.05) is 53.0 Å². The Morgan fingerprint density at radius 3 is 2.38 bits per heavy atom. The van der Waals surface area contributed by atoms with E-state index in [2.05, 4.69) is 15.7 Å². The molecular formula is C10H18N2O. The van der Waals surface area contributed by atoms with E-state index in [0.29, 0.717) is 0 Å². The van der Waals surface area contributed by atoms with E-state index < -0.39 is 0 Å². The zero-order chi connectivity index (χ0) is 9.52. The van der Waals surface area contributed by atoms with Gasteiger partial charge >= 0.3 is 0 Å². The maximum Gasteiger partial charge on any atom is 0.0599 e. The molecule has 1 heterocycles. The molecule has 74 valence electrons. The molecule has 0 bridgehead atoms. The maximum atomic E-state index is 5.25. The van der Waals surface area contributed by atoms with Crippen molar-refractivity contribution in [2.24, 2.45) is 0 Å². The minimum absolute atomic E-state index is 0.790. The third-order valence-corrected chi connectivity index (χ3v) is 2.39. The number of terminal acetylenes is 1. The summed E-state index contributed by atoms with van der Waals surface area (Å²) in [4.78, 5) is 4.72. The van der Waals surface area contributed by atoms with Crippen molar-refractivity contribution in [2.45, 2.75) is 0 Å². The largest absolute Gasteiger partial charge is 0.383 e. The molecule has 1 rings (SSSR count). The highest BCUT2D eigenvalue weighted by Crippen LogP contribution is 1.99. The summed E-state index contributed by atoms with van der Waals surface area (Å²) in [6, 6.07) is 0. The normalized spacial score (nSPS) is 20.0. The highest BCUT2D eigenvalue weighted by molar-refractivity contribution is 4.89. The van der Waals surface area contributed by atoms with Gasteiger partial charge in [-0.1, -0.05) is 5.92 Å². The molecule has 1 fully saturated rings. The SMILES string of the molecule is C#CCN1CCN(CCOC)CC1.